The van der Waals surface area contributed by atoms with Crippen molar-refractivity contribution in [1.82, 2.24) is 24.7 Å². The Balaban J connectivity index is 1.25. The van der Waals surface area contributed by atoms with Crippen LogP contribution in [-0.4, -0.2) is 62.0 Å². The van der Waals surface area contributed by atoms with Crippen molar-refractivity contribution in [2.45, 2.75) is 25.5 Å². The van der Waals surface area contributed by atoms with Crippen LogP contribution in [0.3, 0.4) is 0 Å². The summed E-state index contributed by atoms with van der Waals surface area (Å²) in [6.07, 6.45) is 2.76. The van der Waals surface area contributed by atoms with Gasteiger partial charge in [0.15, 0.2) is 11.6 Å². The van der Waals surface area contributed by atoms with Gasteiger partial charge in [-0.15, -0.1) is 0 Å². The topological polar surface area (TPSA) is 121 Å². The first-order valence-electron chi connectivity index (χ1n) is 12.9. The molecule has 4 heterocycles. The minimum atomic E-state index is -0.298. The van der Waals surface area contributed by atoms with Crippen molar-refractivity contribution in [1.29, 1.82) is 0 Å². The summed E-state index contributed by atoms with van der Waals surface area (Å²) in [7, 11) is 1.64. The fourth-order valence-corrected chi connectivity index (χ4v) is 4.76. The number of ether oxygens (including phenoxy) is 1. The minimum absolute atomic E-state index is 0.250. The molecule has 39 heavy (non-hydrogen) atoms. The number of aliphatic hydroxyl groups is 1. The zero-order chi connectivity index (χ0) is 26.8. The first kappa shape index (κ1) is 24.6. The van der Waals surface area contributed by atoms with Crippen molar-refractivity contribution < 1.29 is 14.6 Å². The molecule has 2 aromatic carbocycles. The van der Waals surface area contributed by atoms with Crippen LogP contribution in [0.25, 0.3) is 22.6 Å². The number of aliphatic hydroxyl groups excluding tert-OH is 1. The maximum absolute atomic E-state index is 13.1. The third-order valence-corrected chi connectivity index (χ3v) is 6.94. The lowest BCUT2D eigenvalue weighted by Crippen LogP contribution is -2.36. The lowest BCUT2D eigenvalue weighted by atomic mass is 10.1. The van der Waals surface area contributed by atoms with Crippen LogP contribution in [0.5, 0.6) is 5.75 Å². The zero-order valence-corrected chi connectivity index (χ0v) is 21.5. The van der Waals surface area contributed by atoms with Gasteiger partial charge in [-0.2, -0.15) is 5.10 Å². The quantitative estimate of drug-likeness (QED) is 0.294. The Hall–Kier alpha value is -4.70. The average molecular weight is 524 g/mol. The molecule has 0 aliphatic carbocycles. The molecule has 3 N–H and O–H groups in total. The van der Waals surface area contributed by atoms with E-state index in [4.69, 9.17) is 14.8 Å². The molecule has 0 atom stereocenters. The van der Waals surface area contributed by atoms with Crippen LogP contribution >= 0.6 is 0 Å². The van der Waals surface area contributed by atoms with E-state index in [2.05, 4.69) is 20.2 Å². The number of aromatic amines is 1. The number of carbonyl (C=O) groups is 1. The van der Waals surface area contributed by atoms with Crippen molar-refractivity contribution in [3.8, 4) is 17.3 Å². The number of nitrogens with zero attached hydrogens (tertiary/aromatic N) is 5. The van der Waals surface area contributed by atoms with Gasteiger partial charge in [0.05, 0.1) is 36.4 Å². The van der Waals surface area contributed by atoms with Gasteiger partial charge in [0, 0.05) is 25.4 Å². The molecule has 0 unspecified atom stereocenters. The molecule has 0 radical (unpaired) electrons. The molecule has 10 nitrogen and oxygen atoms in total. The van der Waals surface area contributed by atoms with Crippen LogP contribution in [-0.2, 0) is 6.54 Å². The molecule has 1 aliphatic rings. The molecule has 0 saturated carbocycles. The van der Waals surface area contributed by atoms with Crippen molar-refractivity contribution in [3.63, 3.8) is 0 Å². The number of methoxy groups -OCH3 is 1. The lowest BCUT2D eigenvalue weighted by Gasteiger charge is -2.30. The third kappa shape index (κ3) is 5.32. The third-order valence-electron chi connectivity index (χ3n) is 6.94. The molecule has 1 amide bonds. The number of aromatic nitrogens is 5. The van der Waals surface area contributed by atoms with E-state index in [0.29, 0.717) is 23.8 Å². The van der Waals surface area contributed by atoms with Gasteiger partial charge in [-0.3, -0.25) is 9.48 Å². The maximum Gasteiger partial charge on any atom is 0.258 e. The molecule has 1 aliphatic heterocycles. The fourth-order valence-electron chi connectivity index (χ4n) is 4.76. The molecule has 0 bridgehead atoms. The van der Waals surface area contributed by atoms with Crippen LogP contribution in [0.1, 0.15) is 28.8 Å². The first-order valence-corrected chi connectivity index (χ1v) is 12.9. The highest BCUT2D eigenvalue weighted by molar-refractivity contribution is 6.03. The summed E-state index contributed by atoms with van der Waals surface area (Å²) in [5.74, 6) is 2.36. The molecule has 1 fully saturated rings. The van der Waals surface area contributed by atoms with Gasteiger partial charge < -0.3 is 25.0 Å². The summed E-state index contributed by atoms with van der Waals surface area (Å²) in [6.45, 7) is 1.97. The summed E-state index contributed by atoms with van der Waals surface area (Å²) >= 11 is 0. The fraction of sp³-hybridized carbons (Fsp3) is 0.241. The average Bonchev–Trinajstić information content (AvgIpc) is 3.57. The Morgan fingerprint density at radius 1 is 1.10 bits per heavy atom. The van der Waals surface area contributed by atoms with Crippen LogP contribution in [0, 0.1) is 0 Å². The molecule has 198 valence electrons. The van der Waals surface area contributed by atoms with Gasteiger partial charge in [-0.25, -0.2) is 9.97 Å². The Bertz CT molecular complexity index is 1550. The van der Waals surface area contributed by atoms with Crippen molar-refractivity contribution in [2.75, 3.05) is 30.4 Å². The van der Waals surface area contributed by atoms with Crippen LogP contribution in [0.15, 0.2) is 72.9 Å². The number of benzene rings is 2. The molecule has 3 aromatic heterocycles. The smallest absolute Gasteiger partial charge is 0.258 e. The summed E-state index contributed by atoms with van der Waals surface area (Å²) in [6, 6.07) is 21.0. The van der Waals surface area contributed by atoms with Gasteiger partial charge in [0.1, 0.15) is 17.3 Å². The van der Waals surface area contributed by atoms with Gasteiger partial charge in [-0.1, -0.05) is 24.3 Å². The molecule has 5 aromatic rings. The van der Waals surface area contributed by atoms with E-state index in [-0.39, 0.29) is 12.0 Å². The number of amides is 1. The van der Waals surface area contributed by atoms with Crippen molar-refractivity contribution in [2.24, 2.45) is 0 Å². The number of fused-ring (bicyclic) bond motifs is 1. The predicted molar refractivity (Wildman–Crippen MR) is 149 cm³/mol. The maximum atomic E-state index is 13.1. The molecule has 6 rings (SSSR count). The molecule has 0 spiro atoms. The number of pyridine rings is 1. The molecule has 1 saturated heterocycles. The van der Waals surface area contributed by atoms with Gasteiger partial charge in [0.2, 0.25) is 0 Å². The van der Waals surface area contributed by atoms with E-state index in [0.717, 1.165) is 59.8 Å². The highest BCUT2D eigenvalue weighted by Crippen LogP contribution is 2.25. The number of hydrogen-bond acceptors (Lipinski definition) is 7. The highest BCUT2D eigenvalue weighted by atomic mass is 16.5. The Labute approximate surface area is 225 Å². The number of rotatable bonds is 7. The zero-order valence-electron chi connectivity index (χ0n) is 21.5. The normalized spacial score (nSPS) is 14.1. The van der Waals surface area contributed by atoms with E-state index >= 15 is 0 Å². The largest absolute Gasteiger partial charge is 0.497 e. The Kier molecular flexibility index (Phi) is 6.68. The minimum Gasteiger partial charge on any atom is -0.497 e. The molecular weight excluding hydrogens is 494 g/mol. The van der Waals surface area contributed by atoms with Gasteiger partial charge in [-0.05, 0) is 54.8 Å². The monoisotopic (exact) mass is 523 g/mol. The number of hydrogen-bond donors (Lipinski definition) is 3. The molecule has 10 heteroatoms. The van der Waals surface area contributed by atoms with E-state index in [9.17, 15) is 9.90 Å². The SMILES string of the molecule is COc1ccc(Cn2nc(NC(=O)c3ccc(N4CCC(O)CC4)nc3)cc2-c2nc3ccccc3[nH]2)cc1. The predicted octanol–water partition coefficient (Wildman–Crippen LogP) is 4.09. The number of piperidine rings is 1. The second-order valence-electron chi connectivity index (χ2n) is 9.60. The lowest BCUT2D eigenvalue weighted by molar-refractivity contribution is 0.102. The highest BCUT2D eigenvalue weighted by Gasteiger charge is 2.20. The number of anilines is 2. The summed E-state index contributed by atoms with van der Waals surface area (Å²) in [5, 5.41) is 17.4. The summed E-state index contributed by atoms with van der Waals surface area (Å²) in [4.78, 5) is 27.8. The van der Waals surface area contributed by atoms with E-state index < -0.39 is 0 Å². The van der Waals surface area contributed by atoms with E-state index in [1.165, 1.54) is 0 Å². The summed E-state index contributed by atoms with van der Waals surface area (Å²) in [5.41, 5.74) is 3.98. The van der Waals surface area contributed by atoms with E-state index in [1.54, 1.807) is 19.4 Å². The second-order valence-corrected chi connectivity index (χ2v) is 9.60. The van der Waals surface area contributed by atoms with Crippen LogP contribution in [0.4, 0.5) is 11.6 Å². The first-order chi connectivity index (χ1) is 19.1. The summed E-state index contributed by atoms with van der Waals surface area (Å²) < 4.78 is 7.10. The van der Waals surface area contributed by atoms with Crippen LogP contribution < -0.4 is 15.0 Å². The standard InChI is InChI=1S/C29H29N7O3/c1-39-22-9-6-19(7-10-22)18-36-25(28-31-23-4-2-3-5-24(23)32-28)16-26(34-36)33-29(38)20-8-11-27(30-17-20)35-14-12-21(37)13-15-35/h2-11,16-17,21,37H,12-15,18H2,1H3,(H,31,32)(H,33,34,38). The number of nitrogens with one attached hydrogen (secondary N) is 2. The van der Waals surface area contributed by atoms with Crippen molar-refractivity contribution >= 4 is 28.6 Å². The second kappa shape index (κ2) is 10.6. The number of para-hydroxylation sites is 2. The van der Waals surface area contributed by atoms with Crippen LogP contribution in [0.2, 0.25) is 0 Å². The Morgan fingerprint density at radius 3 is 2.62 bits per heavy atom. The van der Waals surface area contributed by atoms with Crippen molar-refractivity contribution in [3.05, 3.63) is 84.1 Å². The number of imidazole rings is 1. The number of carbonyl (C=O) groups excluding carboxylic acids is 1. The number of H-pyrrole nitrogens is 1. The van der Waals surface area contributed by atoms with Gasteiger partial charge >= 0.3 is 0 Å². The molecular formula is C29H29N7O3. The van der Waals surface area contributed by atoms with E-state index in [1.807, 2.05) is 65.3 Å². The van der Waals surface area contributed by atoms with Gasteiger partial charge in [0.25, 0.3) is 5.91 Å². The Morgan fingerprint density at radius 2 is 1.90 bits per heavy atom.